The molecule has 4 aromatic rings. The van der Waals surface area contributed by atoms with Crippen LogP contribution in [0.15, 0.2) is 67.0 Å². The quantitative estimate of drug-likeness (QED) is 0.437. The van der Waals surface area contributed by atoms with Gasteiger partial charge in [0.1, 0.15) is 11.5 Å². The molecule has 4 nitrogen and oxygen atoms in total. The smallest absolute Gasteiger partial charge is 0.195 e. The van der Waals surface area contributed by atoms with Crippen LogP contribution in [0.2, 0.25) is 0 Å². The first kappa shape index (κ1) is 15.1. The van der Waals surface area contributed by atoms with Gasteiger partial charge < -0.3 is 10.7 Å². The summed E-state index contributed by atoms with van der Waals surface area (Å²) in [5.41, 5.74) is 9.63. The lowest BCUT2D eigenvalue weighted by atomic mass is 10.0. The van der Waals surface area contributed by atoms with Gasteiger partial charge in [0.25, 0.3) is 0 Å². The van der Waals surface area contributed by atoms with E-state index in [-0.39, 0.29) is 11.6 Å². The van der Waals surface area contributed by atoms with Crippen molar-refractivity contribution >= 4 is 22.5 Å². The van der Waals surface area contributed by atoms with E-state index in [1.165, 1.54) is 12.1 Å². The van der Waals surface area contributed by atoms with E-state index in [0.717, 1.165) is 11.1 Å². The van der Waals surface area contributed by atoms with Crippen LogP contribution in [-0.2, 0) is 0 Å². The van der Waals surface area contributed by atoms with Crippen molar-refractivity contribution in [3.63, 3.8) is 0 Å². The van der Waals surface area contributed by atoms with Crippen molar-refractivity contribution in [3.8, 4) is 11.1 Å². The molecular weight excluding hydrogens is 317 g/mol. The van der Waals surface area contributed by atoms with E-state index < -0.39 is 0 Å². The van der Waals surface area contributed by atoms with Crippen molar-refractivity contribution in [2.45, 2.75) is 0 Å². The summed E-state index contributed by atoms with van der Waals surface area (Å²) < 4.78 is 13.1. The van der Waals surface area contributed by atoms with Crippen molar-refractivity contribution < 1.29 is 9.18 Å². The summed E-state index contributed by atoms with van der Waals surface area (Å²) >= 11 is 0. The molecular formula is C20H14FN3O. The van der Waals surface area contributed by atoms with E-state index in [0.29, 0.717) is 27.8 Å². The number of halogens is 1. The van der Waals surface area contributed by atoms with Crippen LogP contribution in [0.4, 0.5) is 10.1 Å². The van der Waals surface area contributed by atoms with Gasteiger partial charge in [-0.05, 0) is 35.9 Å². The highest BCUT2D eigenvalue weighted by atomic mass is 19.1. The first-order valence-electron chi connectivity index (χ1n) is 7.75. The molecule has 0 aliphatic heterocycles. The summed E-state index contributed by atoms with van der Waals surface area (Å²) in [4.78, 5) is 20.2. The van der Waals surface area contributed by atoms with Crippen LogP contribution in [0.5, 0.6) is 0 Å². The molecule has 0 bridgehead atoms. The maximum Gasteiger partial charge on any atom is 0.195 e. The number of benzene rings is 2. The van der Waals surface area contributed by atoms with Gasteiger partial charge in [0.15, 0.2) is 5.78 Å². The van der Waals surface area contributed by atoms with Crippen LogP contribution < -0.4 is 5.73 Å². The van der Waals surface area contributed by atoms with Crippen LogP contribution in [0, 0.1) is 5.82 Å². The first-order chi connectivity index (χ1) is 12.1. The number of aromatic amines is 1. The first-order valence-corrected chi connectivity index (χ1v) is 7.75. The van der Waals surface area contributed by atoms with Crippen molar-refractivity contribution in [2.75, 3.05) is 5.73 Å². The van der Waals surface area contributed by atoms with Gasteiger partial charge in [-0.3, -0.25) is 4.79 Å². The summed E-state index contributed by atoms with van der Waals surface area (Å²) in [5.74, 6) is -0.423. The maximum absolute atomic E-state index is 13.1. The Morgan fingerprint density at radius 2 is 1.84 bits per heavy atom. The molecule has 122 valence electrons. The number of ketones is 1. The van der Waals surface area contributed by atoms with Crippen molar-refractivity contribution in [1.82, 2.24) is 9.97 Å². The number of carbonyl (C=O) groups excluding carboxylic acids is 1. The molecule has 0 saturated heterocycles. The number of fused-ring (bicyclic) bond motifs is 1. The Hall–Kier alpha value is -3.47. The Morgan fingerprint density at radius 3 is 2.60 bits per heavy atom. The average Bonchev–Trinajstić information content (AvgIpc) is 3.05. The number of aromatic nitrogens is 2. The van der Waals surface area contributed by atoms with Crippen LogP contribution in [0.25, 0.3) is 22.2 Å². The van der Waals surface area contributed by atoms with E-state index in [1.54, 1.807) is 48.8 Å². The minimum absolute atomic E-state index is 0.128. The summed E-state index contributed by atoms with van der Waals surface area (Å²) in [6, 6.07) is 14.9. The molecule has 0 saturated carbocycles. The second kappa shape index (κ2) is 5.87. The molecule has 0 amide bonds. The molecule has 25 heavy (non-hydrogen) atoms. The van der Waals surface area contributed by atoms with Gasteiger partial charge in [-0.25, -0.2) is 9.37 Å². The number of anilines is 1. The monoisotopic (exact) mass is 331 g/mol. The molecule has 0 radical (unpaired) electrons. The third-order valence-corrected chi connectivity index (χ3v) is 4.10. The number of H-pyrrole nitrogens is 1. The summed E-state index contributed by atoms with van der Waals surface area (Å²) in [5, 5.41) is 0.717. The molecule has 0 aliphatic carbocycles. The highest BCUT2D eigenvalue weighted by molar-refractivity contribution is 6.16. The second-order valence-corrected chi connectivity index (χ2v) is 5.78. The van der Waals surface area contributed by atoms with Crippen LogP contribution in [-0.4, -0.2) is 15.8 Å². The van der Waals surface area contributed by atoms with Gasteiger partial charge in [-0.1, -0.05) is 24.3 Å². The van der Waals surface area contributed by atoms with E-state index in [9.17, 15) is 9.18 Å². The van der Waals surface area contributed by atoms with E-state index in [4.69, 9.17) is 5.73 Å². The molecule has 0 fully saturated rings. The molecule has 0 spiro atoms. The maximum atomic E-state index is 13.1. The lowest BCUT2D eigenvalue weighted by Crippen LogP contribution is -2.01. The Kier molecular flexibility index (Phi) is 3.54. The molecule has 2 heterocycles. The van der Waals surface area contributed by atoms with Crippen LogP contribution >= 0.6 is 0 Å². The molecule has 4 rings (SSSR count). The van der Waals surface area contributed by atoms with E-state index in [1.807, 2.05) is 6.07 Å². The fourth-order valence-electron chi connectivity index (χ4n) is 2.83. The third-order valence-electron chi connectivity index (χ3n) is 4.10. The Balaban J connectivity index is 1.81. The Morgan fingerprint density at radius 1 is 1.04 bits per heavy atom. The van der Waals surface area contributed by atoms with Crippen LogP contribution in [0.1, 0.15) is 15.9 Å². The summed E-state index contributed by atoms with van der Waals surface area (Å²) in [6.45, 7) is 0. The minimum Gasteiger partial charge on any atom is -0.399 e. The normalized spacial score (nSPS) is 10.9. The van der Waals surface area contributed by atoms with Crippen LogP contribution in [0.3, 0.4) is 0 Å². The number of nitrogens with one attached hydrogen (secondary N) is 1. The number of pyridine rings is 1. The zero-order valence-corrected chi connectivity index (χ0v) is 13.2. The minimum atomic E-state index is -0.294. The average molecular weight is 331 g/mol. The number of nitrogens with zero attached hydrogens (tertiary/aromatic N) is 1. The zero-order chi connectivity index (χ0) is 17.4. The number of nitrogen functional groups attached to an aromatic ring is 1. The fourth-order valence-corrected chi connectivity index (χ4v) is 2.83. The number of hydrogen-bond acceptors (Lipinski definition) is 3. The fraction of sp³-hybridized carbons (Fsp3) is 0. The predicted octanol–water partition coefficient (Wildman–Crippen LogP) is 4.18. The molecule has 0 aliphatic rings. The number of carbonyl (C=O) groups is 1. The van der Waals surface area contributed by atoms with Gasteiger partial charge in [0.05, 0.1) is 0 Å². The van der Waals surface area contributed by atoms with Gasteiger partial charge >= 0.3 is 0 Å². The molecule has 0 unspecified atom stereocenters. The van der Waals surface area contributed by atoms with Gasteiger partial charge in [0, 0.05) is 40.2 Å². The molecule has 2 aromatic heterocycles. The largest absolute Gasteiger partial charge is 0.399 e. The number of nitrogens with two attached hydrogens (primary N) is 1. The predicted molar refractivity (Wildman–Crippen MR) is 95.8 cm³/mol. The Labute approximate surface area is 143 Å². The molecule has 3 N–H and O–H groups in total. The zero-order valence-electron chi connectivity index (χ0n) is 13.2. The molecule has 0 atom stereocenters. The highest BCUT2D eigenvalue weighted by Crippen LogP contribution is 2.26. The third kappa shape index (κ3) is 2.76. The van der Waals surface area contributed by atoms with E-state index >= 15 is 0 Å². The van der Waals surface area contributed by atoms with Gasteiger partial charge in [-0.2, -0.15) is 0 Å². The van der Waals surface area contributed by atoms with Crippen molar-refractivity contribution in [2.24, 2.45) is 0 Å². The van der Waals surface area contributed by atoms with Gasteiger partial charge in [-0.15, -0.1) is 0 Å². The summed E-state index contributed by atoms with van der Waals surface area (Å²) in [7, 11) is 0. The van der Waals surface area contributed by atoms with E-state index in [2.05, 4.69) is 9.97 Å². The lowest BCUT2D eigenvalue weighted by molar-refractivity contribution is 0.104. The second-order valence-electron chi connectivity index (χ2n) is 5.78. The lowest BCUT2D eigenvalue weighted by Gasteiger charge is -2.04. The Bertz CT molecular complexity index is 1080. The molecule has 2 aromatic carbocycles. The SMILES string of the molecule is Nc1cccc(C(=O)c2c[nH]c3ncc(-c4ccc(F)cc4)cc23)c1. The van der Waals surface area contributed by atoms with Gasteiger partial charge in [0.2, 0.25) is 0 Å². The van der Waals surface area contributed by atoms with Crippen molar-refractivity contribution in [1.29, 1.82) is 0 Å². The number of rotatable bonds is 3. The number of hydrogen-bond donors (Lipinski definition) is 2. The molecule has 5 heteroatoms. The van der Waals surface area contributed by atoms with Crippen molar-refractivity contribution in [3.05, 3.63) is 83.9 Å². The highest BCUT2D eigenvalue weighted by Gasteiger charge is 2.16. The topological polar surface area (TPSA) is 71.8 Å². The standard InChI is InChI=1S/C20H14FN3O/c21-15-6-4-12(5-7-15)14-9-17-18(11-24-20(17)23-10-14)19(25)13-2-1-3-16(22)8-13/h1-11H,22H2,(H,23,24). The summed E-state index contributed by atoms with van der Waals surface area (Å²) in [6.07, 6.45) is 3.35.